The molecule has 2 heterocycles. The number of amides is 1. The van der Waals surface area contributed by atoms with Gasteiger partial charge in [0.1, 0.15) is 11.9 Å². The van der Waals surface area contributed by atoms with Gasteiger partial charge in [-0.3, -0.25) is 4.79 Å². The van der Waals surface area contributed by atoms with Crippen LogP contribution in [0.1, 0.15) is 15.9 Å². The number of nitrogens with zero attached hydrogens (tertiary/aromatic N) is 2. The van der Waals surface area contributed by atoms with Gasteiger partial charge in [0, 0.05) is 13.6 Å². The molecule has 0 bridgehead atoms. The monoisotopic (exact) mass is 364 g/mol. The van der Waals surface area contributed by atoms with Crippen molar-refractivity contribution in [3.05, 3.63) is 29.3 Å². The number of carbonyl (C=O) groups is 1. The zero-order valence-corrected chi connectivity index (χ0v) is 13.7. The first kappa shape index (κ1) is 17.0. The first-order valence-electron chi connectivity index (χ1n) is 7.08. The van der Waals surface area contributed by atoms with Crippen LogP contribution in [-0.4, -0.2) is 62.1 Å². The Hall–Kier alpha value is -1.81. The molecule has 0 saturated carbocycles. The number of halogens is 3. The summed E-state index contributed by atoms with van der Waals surface area (Å²) in [6.45, 7) is 0.0907. The number of ether oxygens (including phenoxy) is 1. The first-order chi connectivity index (χ1) is 11.0. The maximum absolute atomic E-state index is 12.9. The van der Waals surface area contributed by atoms with E-state index >= 15 is 0 Å². The highest BCUT2D eigenvalue weighted by molar-refractivity contribution is 7.88. The maximum atomic E-state index is 12.9. The Morgan fingerprint density at radius 2 is 1.92 bits per heavy atom. The van der Waals surface area contributed by atoms with Gasteiger partial charge in [0.2, 0.25) is 10.0 Å². The minimum absolute atomic E-state index is 0.0303. The van der Waals surface area contributed by atoms with E-state index in [4.69, 9.17) is 4.74 Å². The average molecular weight is 364 g/mol. The number of carbonyl (C=O) groups excluding carboxylic acids is 1. The van der Waals surface area contributed by atoms with Gasteiger partial charge < -0.3 is 9.64 Å². The summed E-state index contributed by atoms with van der Waals surface area (Å²) < 4.78 is 68.8. The van der Waals surface area contributed by atoms with Crippen molar-refractivity contribution in [2.75, 3.05) is 26.4 Å². The van der Waals surface area contributed by atoms with Gasteiger partial charge in [0.15, 0.2) is 0 Å². The van der Waals surface area contributed by atoms with Crippen LogP contribution >= 0.6 is 0 Å². The highest BCUT2D eigenvalue weighted by Crippen LogP contribution is 2.36. The van der Waals surface area contributed by atoms with Crippen molar-refractivity contribution in [3.63, 3.8) is 0 Å². The Bertz CT molecular complexity index is 794. The molecule has 1 aromatic carbocycles. The van der Waals surface area contributed by atoms with Crippen LogP contribution < -0.4 is 4.74 Å². The lowest BCUT2D eigenvalue weighted by Crippen LogP contribution is -2.44. The number of benzene rings is 1. The number of fused-ring (bicyclic) bond motifs is 2. The van der Waals surface area contributed by atoms with Gasteiger partial charge in [-0.05, 0) is 18.2 Å². The molecule has 6 nitrogen and oxygen atoms in total. The molecule has 0 aliphatic carbocycles. The van der Waals surface area contributed by atoms with Gasteiger partial charge in [0.05, 0.1) is 30.0 Å². The smallest absolute Gasteiger partial charge is 0.416 e. The van der Waals surface area contributed by atoms with E-state index in [0.29, 0.717) is 0 Å². The molecule has 1 saturated heterocycles. The molecule has 1 fully saturated rings. The van der Waals surface area contributed by atoms with E-state index in [2.05, 4.69) is 0 Å². The van der Waals surface area contributed by atoms with Gasteiger partial charge in [-0.15, -0.1) is 0 Å². The highest BCUT2D eigenvalue weighted by atomic mass is 32.2. The lowest BCUT2D eigenvalue weighted by Gasteiger charge is -2.25. The normalized spacial score (nSPS) is 25.0. The number of sulfonamides is 1. The topological polar surface area (TPSA) is 66.9 Å². The molecular weight excluding hydrogens is 349 g/mol. The van der Waals surface area contributed by atoms with Crippen molar-refractivity contribution in [1.29, 1.82) is 0 Å². The van der Waals surface area contributed by atoms with E-state index in [9.17, 15) is 26.4 Å². The Morgan fingerprint density at radius 1 is 1.25 bits per heavy atom. The van der Waals surface area contributed by atoms with Crippen LogP contribution in [0, 0.1) is 0 Å². The van der Waals surface area contributed by atoms with Crippen molar-refractivity contribution in [3.8, 4) is 5.75 Å². The molecule has 0 spiro atoms. The van der Waals surface area contributed by atoms with Crippen LogP contribution in [0.2, 0.25) is 0 Å². The van der Waals surface area contributed by atoms with Gasteiger partial charge in [-0.25, -0.2) is 8.42 Å². The zero-order chi connectivity index (χ0) is 17.9. The van der Waals surface area contributed by atoms with Gasteiger partial charge in [-0.1, -0.05) is 0 Å². The standard InChI is InChI=1S/C14H15F3N2O4S/c1-18-10-6-19(24(2,21)22)7-12(10)23-11-4-3-8(14(15,16)17)5-9(11)13(18)20/h3-5,10,12H,6-7H2,1-2H3. The molecule has 2 atom stereocenters. The van der Waals surface area contributed by atoms with Gasteiger partial charge in [-0.2, -0.15) is 17.5 Å². The molecule has 24 heavy (non-hydrogen) atoms. The van der Waals surface area contributed by atoms with E-state index in [0.717, 1.165) is 24.5 Å². The number of rotatable bonds is 1. The third kappa shape index (κ3) is 2.84. The molecule has 3 rings (SSSR count). The molecule has 2 aliphatic rings. The molecule has 10 heteroatoms. The molecule has 1 amide bonds. The summed E-state index contributed by atoms with van der Waals surface area (Å²) in [6, 6.07) is 2.16. The largest absolute Gasteiger partial charge is 0.486 e. The lowest BCUT2D eigenvalue weighted by molar-refractivity contribution is -0.137. The Labute approximate surface area is 136 Å². The minimum Gasteiger partial charge on any atom is -0.486 e. The molecule has 132 valence electrons. The van der Waals surface area contributed by atoms with E-state index in [1.807, 2.05) is 0 Å². The fourth-order valence-electron chi connectivity index (χ4n) is 2.96. The third-order valence-corrected chi connectivity index (χ3v) is 5.54. The van der Waals surface area contributed by atoms with Crippen molar-refractivity contribution in [1.82, 2.24) is 9.21 Å². The van der Waals surface area contributed by atoms with E-state index in [-0.39, 0.29) is 24.4 Å². The number of alkyl halides is 3. The van der Waals surface area contributed by atoms with E-state index in [1.54, 1.807) is 0 Å². The second kappa shape index (κ2) is 5.35. The minimum atomic E-state index is -4.57. The summed E-state index contributed by atoms with van der Waals surface area (Å²) in [5, 5.41) is 0. The average Bonchev–Trinajstić information content (AvgIpc) is 2.85. The molecule has 0 radical (unpaired) electrons. The Kier molecular flexibility index (Phi) is 3.79. The van der Waals surface area contributed by atoms with Crippen LogP contribution in [0.4, 0.5) is 13.2 Å². The molecule has 0 N–H and O–H groups in total. The van der Waals surface area contributed by atoms with Crippen molar-refractivity contribution < 1.29 is 31.1 Å². The second-order valence-electron chi connectivity index (χ2n) is 5.93. The summed E-state index contributed by atoms with van der Waals surface area (Å²) in [5.41, 5.74) is -1.11. The quantitative estimate of drug-likeness (QED) is 0.751. The second-order valence-corrected chi connectivity index (χ2v) is 7.91. The van der Waals surface area contributed by atoms with Crippen LogP contribution in [0.15, 0.2) is 18.2 Å². The van der Waals surface area contributed by atoms with Crippen molar-refractivity contribution in [2.24, 2.45) is 0 Å². The summed E-state index contributed by atoms with van der Waals surface area (Å²) >= 11 is 0. The third-order valence-electron chi connectivity index (χ3n) is 4.31. The molecule has 2 unspecified atom stereocenters. The zero-order valence-electron chi connectivity index (χ0n) is 12.9. The van der Waals surface area contributed by atoms with Crippen LogP contribution in [-0.2, 0) is 16.2 Å². The summed E-state index contributed by atoms with van der Waals surface area (Å²) in [7, 11) is -2.02. The molecule has 2 aliphatic heterocycles. The number of hydrogen-bond acceptors (Lipinski definition) is 4. The predicted octanol–water partition coefficient (Wildman–Crippen LogP) is 1.18. The predicted molar refractivity (Wildman–Crippen MR) is 78.2 cm³/mol. The fraction of sp³-hybridized carbons (Fsp3) is 0.500. The number of likely N-dealkylation sites (N-methyl/N-ethyl adjacent to an activating group) is 1. The number of hydrogen-bond donors (Lipinski definition) is 0. The summed E-state index contributed by atoms with van der Waals surface area (Å²) in [4.78, 5) is 13.8. The van der Waals surface area contributed by atoms with Crippen LogP contribution in [0.3, 0.4) is 0 Å². The molecular formula is C14H15F3N2O4S. The highest BCUT2D eigenvalue weighted by Gasteiger charge is 2.45. The summed E-state index contributed by atoms with van der Waals surface area (Å²) in [6.07, 6.45) is -4.14. The Balaban J connectivity index is 2.00. The van der Waals surface area contributed by atoms with Gasteiger partial charge >= 0.3 is 6.18 Å². The fourth-order valence-corrected chi connectivity index (χ4v) is 3.80. The van der Waals surface area contributed by atoms with Crippen LogP contribution in [0.5, 0.6) is 5.75 Å². The van der Waals surface area contributed by atoms with E-state index in [1.165, 1.54) is 16.3 Å². The molecule has 0 aromatic heterocycles. The maximum Gasteiger partial charge on any atom is 0.416 e. The first-order valence-corrected chi connectivity index (χ1v) is 8.93. The van der Waals surface area contributed by atoms with E-state index < -0.39 is 39.8 Å². The van der Waals surface area contributed by atoms with Gasteiger partial charge in [0.25, 0.3) is 5.91 Å². The summed E-state index contributed by atoms with van der Waals surface area (Å²) in [5.74, 6) is -0.596. The lowest BCUT2D eigenvalue weighted by atomic mass is 10.1. The molecule has 1 aromatic rings. The SMILES string of the molecule is CN1C(=O)c2cc(C(F)(F)F)ccc2OC2CN(S(C)(=O)=O)CC21. The van der Waals surface area contributed by atoms with Crippen LogP contribution in [0.25, 0.3) is 0 Å². The van der Waals surface area contributed by atoms with Crippen molar-refractivity contribution in [2.45, 2.75) is 18.3 Å². The van der Waals surface area contributed by atoms with Crippen molar-refractivity contribution >= 4 is 15.9 Å². The Morgan fingerprint density at radius 3 is 2.50 bits per heavy atom.